The maximum atomic E-state index is 12.1. The number of hydrogen-bond donors (Lipinski definition) is 2. The molecule has 0 unspecified atom stereocenters. The number of carbonyl (C=O) groups excluding carboxylic acids is 1. The summed E-state index contributed by atoms with van der Waals surface area (Å²) in [5.41, 5.74) is 1.72. The van der Waals surface area contributed by atoms with E-state index in [0.717, 1.165) is 43.0 Å². The third-order valence-corrected chi connectivity index (χ3v) is 5.13. The first kappa shape index (κ1) is 18.7. The van der Waals surface area contributed by atoms with Crippen LogP contribution in [-0.4, -0.2) is 36.9 Å². The van der Waals surface area contributed by atoms with Gasteiger partial charge in [0.15, 0.2) is 0 Å². The van der Waals surface area contributed by atoms with Crippen molar-refractivity contribution < 1.29 is 14.3 Å². The van der Waals surface area contributed by atoms with Gasteiger partial charge < -0.3 is 20.1 Å². The monoisotopic (exact) mass is 375 g/mol. The van der Waals surface area contributed by atoms with Crippen LogP contribution in [0.15, 0.2) is 29.6 Å². The molecular weight excluding hydrogens is 350 g/mol. The fourth-order valence-corrected chi connectivity index (χ4v) is 3.60. The number of carbonyl (C=O) groups is 1. The van der Waals surface area contributed by atoms with Crippen molar-refractivity contribution in [3.8, 4) is 5.75 Å². The topological polar surface area (TPSA) is 72.5 Å². The maximum absolute atomic E-state index is 12.1. The molecule has 7 heteroatoms. The maximum Gasteiger partial charge on any atom is 0.319 e. The number of nitrogens with zero attached hydrogens (tertiary/aromatic N) is 1. The summed E-state index contributed by atoms with van der Waals surface area (Å²) in [6.45, 7) is 3.90. The van der Waals surface area contributed by atoms with E-state index >= 15 is 0 Å². The van der Waals surface area contributed by atoms with E-state index in [-0.39, 0.29) is 12.1 Å². The molecule has 1 aliphatic rings. The van der Waals surface area contributed by atoms with E-state index in [1.165, 1.54) is 0 Å². The molecule has 2 heterocycles. The van der Waals surface area contributed by atoms with Crippen LogP contribution in [0.5, 0.6) is 5.75 Å². The number of hydrogen-bond acceptors (Lipinski definition) is 5. The zero-order chi connectivity index (χ0) is 18.2. The van der Waals surface area contributed by atoms with Gasteiger partial charge in [-0.1, -0.05) is 12.1 Å². The Kier molecular flexibility index (Phi) is 6.85. The van der Waals surface area contributed by atoms with Crippen LogP contribution in [0.4, 0.5) is 10.5 Å². The van der Waals surface area contributed by atoms with Gasteiger partial charge in [-0.15, -0.1) is 11.3 Å². The Morgan fingerprint density at radius 3 is 3.08 bits per heavy atom. The Balaban J connectivity index is 1.41. The summed E-state index contributed by atoms with van der Waals surface area (Å²) < 4.78 is 11.4. The Labute approximate surface area is 157 Å². The Morgan fingerprint density at radius 2 is 2.31 bits per heavy atom. The van der Waals surface area contributed by atoms with E-state index in [1.807, 2.05) is 36.6 Å². The second-order valence-electron chi connectivity index (χ2n) is 6.31. The highest BCUT2D eigenvalue weighted by atomic mass is 32.1. The largest absolute Gasteiger partial charge is 0.489 e. The number of thiazole rings is 1. The Morgan fingerprint density at radius 1 is 1.42 bits per heavy atom. The van der Waals surface area contributed by atoms with Crippen LogP contribution in [0.1, 0.15) is 30.0 Å². The van der Waals surface area contributed by atoms with Crippen LogP contribution in [0.2, 0.25) is 0 Å². The molecule has 0 aliphatic carbocycles. The minimum atomic E-state index is -0.228. The number of rotatable bonds is 8. The van der Waals surface area contributed by atoms with Crippen LogP contribution in [0.25, 0.3) is 0 Å². The number of para-hydroxylation sites is 2. The summed E-state index contributed by atoms with van der Waals surface area (Å²) in [7, 11) is 0. The quantitative estimate of drug-likeness (QED) is 0.689. The summed E-state index contributed by atoms with van der Waals surface area (Å²) in [4.78, 5) is 16.5. The van der Waals surface area contributed by atoms with Crippen molar-refractivity contribution in [3.05, 3.63) is 40.3 Å². The lowest BCUT2D eigenvalue weighted by Crippen LogP contribution is -2.30. The van der Waals surface area contributed by atoms with E-state index in [4.69, 9.17) is 9.47 Å². The molecule has 3 rings (SSSR count). The van der Waals surface area contributed by atoms with Crippen LogP contribution >= 0.6 is 11.3 Å². The molecular formula is C19H25N3O3S. The molecule has 1 aromatic carbocycles. The van der Waals surface area contributed by atoms with E-state index in [1.54, 1.807) is 11.3 Å². The SMILES string of the molecule is Cc1csc(CCCNC(=O)Nc2ccccc2OC[C@@H]2CCCO2)n1. The molecule has 0 saturated carbocycles. The van der Waals surface area contributed by atoms with Crippen molar-refractivity contribution in [2.45, 2.75) is 38.7 Å². The smallest absolute Gasteiger partial charge is 0.319 e. The molecule has 1 aromatic heterocycles. The molecule has 140 valence electrons. The summed E-state index contributed by atoms with van der Waals surface area (Å²) in [5, 5.41) is 8.89. The highest BCUT2D eigenvalue weighted by Gasteiger charge is 2.17. The standard InChI is InChI=1S/C19H25N3O3S/c1-14-13-26-18(21-14)9-4-10-20-19(23)22-16-7-2-3-8-17(16)25-12-15-6-5-11-24-15/h2-3,7-8,13,15H,4-6,9-12H2,1H3,(H2,20,22,23)/t15-/m0/s1. The zero-order valence-corrected chi connectivity index (χ0v) is 15.8. The van der Waals surface area contributed by atoms with Crippen molar-refractivity contribution >= 4 is 23.1 Å². The van der Waals surface area contributed by atoms with E-state index in [9.17, 15) is 4.79 Å². The molecule has 6 nitrogen and oxygen atoms in total. The van der Waals surface area contributed by atoms with E-state index in [2.05, 4.69) is 15.6 Å². The molecule has 2 aromatic rings. The molecule has 0 spiro atoms. The van der Waals surface area contributed by atoms with Crippen molar-refractivity contribution in [2.75, 3.05) is 25.1 Å². The molecule has 0 radical (unpaired) electrons. The second-order valence-corrected chi connectivity index (χ2v) is 7.25. The van der Waals surface area contributed by atoms with E-state index < -0.39 is 0 Å². The fraction of sp³-hybridized carbons (Fsp3) is 0.474. The van der Waals surface area contributed by atoms with Gasteiger partial charge in [0, 0.05) is 30.6 Å². The van der Waals surface area contributed by atoms with Crippen LogP contribution in [-0.2, 0) is 11.2 Å². The zero-order valence-electron chi connectivity index (χ0n) is 15.0. The first-order valence-electron chi connectivity index (χ1n) is 9.00. The number of aryl methyl sites for hydroxylation is 2. The Hall–Kier alpha value is -2.12. The first-order chi connectivity index (χ1) is 12.7. The van der Waals surface area contributed by atoms with Gasteiger partial charge in [-0.05, 0) is 38.3 Å². The van der Waals surface area contributed by atoms with Crippen LogP contribution < -0.4 is 15.4 Å². The third kappa shape index (κ3) is 5.71. The predicted octanol–water partition coefficient (Wildman–Crippen LogP) is 3.76. The van der Waals surface area contributed by atoms with Crippen molar-refractivity contribution in [1.82, 2.24) is 10.3 Å². The first-order valence-corrected chi connectivity index (χ1v) is 9.88. The van der Waals surface area contributed by atoms with E-state index in [0.29, 0.717) is 24.6 Å². The van der Waals surface area contributed by atoms with Gasteiger partial charge in [0.05, 0.1) is 16.8 Å². The minimum Gasteiger partial charge on any atom is -0.489 e. The van der Waals surface area contributed by atoms with Crippen molar-refractivity contribution in [1.29, 1.82) is 0 Å². The molecule has 2 amide bonds. The summed E-state index contributed by atoms with van der Waals surface area (Å²) >= 11 is 1.66. The number of anilines is 1. The predicted molar refractivity (Wildman–Crippen MR) is 103 cm³/mol. The van der Waals surface area contributed by atoms with Crippen LogP contribution in [0.3, 0.4) is 0 Å². The fourth-order valence-electron chi connectivity index (χ4n) is 2.78. The Bertz CT molecular complexity index is 714. The normalized spacial score (nSPS) is 16.4. The lowest BCUT2D eigenvalue weighted by atomic mass is 10.2. The summed E-state index contributed by atoms with van der Waals surface area (Å²) in [6.07, 6.45) is 3.98. The molecule has 2 N–H and O–H groups in total. The van der Waals surface area contributed by atoms with Gasteiger partial charge in [-0.2, -0.15) is 0 Å². The summed E-state index contributed by atoms with van der Waals surface area (Å²) in [5.74, 6) is 0.663. The van der Waals surface area contributed by atoms with Crippen molar-refractivity contribution in [2.24, 2.45) is 0 Å². The average Bonchev–Trinajstić information content (AvgIpc) is 3.30. The number of urea groups is 1. The second kappa shape index (κ2) is 9.54. The highest BCUT2D eigenvalue weighted by molar-refractivity contribution is 7.09. The minimum absolute atomic E-state index is 0.145. The third-order valence-electron chi connectivity index (χ3n) is 4.10. The number of benzene rings is 1. The van der Waals surface area contributed by atoms with Crippen molar-refractivity contribution in [3.63, 3.8) is 0 Å². The summed E-state index contributed by atoms with van der Waals surface area (Å²) in [6, 6.07) is 7.23. The van der Waals surface area contributed by atoms with Crippen LogP contribution in [0, 0.1) is 6.92 Å². The molecule has 0 bridgehead atoms. The van der Waals surface area contributed by atoms with Gasteiger partial charge in [0.2, 0.25) is 0 Å². The van der Waals surface area contributed by atoms with Gasteiger partial charge in [0.1, 0.15) is 12.4 Å². The molecule has 1 aliphatic heterocycles. The number of amides is 2. The number of ether oxygens (including phenoxy) is 2. The number of aromatic nitrogens is 1. The molecule has 26 heavy (non-hydrogen) atoms. The highest BCUT2D eigenvalue weighted by Crippen LogP contribution is 2.25. The average molecular weight is 375 g/mol. The van der Waals surface area contributed by atoms with Gasteiger partial charge in [0.25, 0.3) is 0 Å². The van der Waals surface area contributed by atoms with Gasteiger partial charge in [-0.25, -0.2) is 9.78 Å². The lowest BCUT2D eigenvalue weighted by Gasteiger charge is -2.15. The lowest BCUT2D eigenvalue weighted by molar-refractivity contribution is 0.0682. The molecule has 1 atom stereocenters. The molecule has 1 fully saturated rings. The number of nitrogens with one attached hydrogen (secondary N) is 2. The molecule has 1 saturated heterocycles. The van der Waals surface area contributed by atoms with Gasteiger partial charge >= 0.3 is 6.03 Å². The van der Waals surface area contributed by atoms with Gasteiger partial charge in [-0.3, -0.25) is 0 Å².